The fourth-order valence-corrected chi connectivity index (χ4v) is 0. The van der Waals surface area contributed by atoms with Gasteiger partial charge in [-0.1, -0.05) is 0 Å². The maximum Gasteiger partial charge on any atom is 0.197 e. The minimum absolute atomic E-state index is 0. The zero-order valence-electron chi connectivity index (χ0n) is 2.52. The van der Waals surface area contributed by atoms with E-state index >= 15 is 0 Å². The molecule has 1 unspecified atom stereocenters. The van der Waals surface area contributed by atoms with Crippen LogP contribution in [-0.2, 0) is 12.5 Å². The Morgan fingerprint density at radius 2 is 1.25 bits per heavy atom. The van der Waals surface area contributed by atoms with E-state index < -0.39 is 0 Å². The monoisotopic (exact) mass is 89.0 g/mol. The van der Waals surface area contributed by atoms with Gasteiger partial charge in [0.05, 0.1) is 0 Å². The van der Waals surface area contributed by atoms with Gasteiger partial charge in [-0.05, 0) is 0 Å². The molecule has 0 rings (SSSR count). The van der Waals surface area contributed by atoms with Crippen LogP contribution in [0.2, 0.25) is 0 Å². The van der Waals surface area contributed by atoms with Crippen molar-refractivity contribution < 1.29 is 4.21 Å². The largest absolute Gasteiger partial charge is 0.197 e. The summed E-state index contributed by atoms with van der Waals surface area (Å²) in [5, 5.41) is 0. The Kier molecular flexibility index (Phi) is 169. The van der Waals surface area contributed by atoms with E-state index in [9.17, 15) is 0 Å². The van der Waals surface area contributed by atoms with Gasteiger partial charge < -0.3 is 0 Å². The average Bonchev–Trinajstić information content (AvgIpc) is 1.00. The van der Waals surface area contributed by atoms with Gasteiger partial charge >= 0.3 is 0 Å². The molecule has 0 aromatic carbocycles. The van der Waals surface area contributed by atoms with Crippen molar-refractivity contribution in [1.82, 2.24) is 0 Å². The third-order valence-corrected chi connectivity index (χ3v) is 0. The Morgan fingerprint density at radius 1 is 1.25 bits per heavy atom. The van der Waals surface area contributed by atoms with Crippen LogP contribution in [0.1, 0.15) is 0 Å². The van der Waals surface area contributed by atoms with Crippen LogP contribution >= 0.6 is 9.90 Å². The Balaban J connectivity index is -0.00000000500. The van der Waals surface area contributed by atoms with Crippen LogP contribution in [0, 0.1) is 0 Å². The molecule has 0 aliphatic heterocycles. The normalized spacial score (nSPS) is 1.00. The molecule has 0 amide bonds. The predicted molar refractivity (Wildman–Crippen MR) is 25.0 cm³/mol. The average molecular weight is 89.0 g/mol. The molecule has 0 aromatic heterocycles. The van der Waals surface area contributed by atoms with Crippen molar-refractivity contribution in [2.24, 2.45) is 0 Å². The van der Waals surface area contributed by atoms with Crippen LogP contribution in [0.4, 0.5) is 0 Å². The zero-order chi connectivity index (χ0) is 2.00. The topological polar surface area (TPSA) is 17.1 Å². The van der Waals surface area contributed by atoms with Crippen LogP contribution in [0.25, 0.3) is 0 Å². The summed E-state index contributed by atoms with van der Waals surface area (Å²) in [5.74, 6) is 0. The van der Waals surface area contributed by atoms with Crippen molar-refractivity contribution in [3.63, 3.8) is 0 Å². The smallest absolute Gasteiger partial charge is 0.197 e. The van der Waals surface area contributed by atoms with Gasteiger partial charge in [0.25, 0.3) is 0 Å². The van der Waals surface area contributed by atoms with Crippen LogP contribution < -0.4 is 0 Å². The second kappa shape index (κ2) is 34.3. The van der Waals surface area contributed by atoms with Gasteiger partial charge in [-0.2, -0.15) is 14.1 Å². The molecule has 0 aliphatic rings. The van der Waals surface area contributed by atoms with E-state index in [1.807, 2.05) is 0 Å². The fourth-order valence-electron chi connectivity index (χ4n) is 0. The minimum atomic E-state index is 0. The van der Waals surface area contributed by atoms with Gasteiger partial charge in [-0.15, -0.1) is 0 Å². The quantitative estimate of drug-likeness (QED) is 0.289. The first kappa shape index (κ1) is 19.7. The Labute approximate surface area is 45.9 Å². The number of hydrogen-bond acceptors (Lipinski definition) is 2. The number of rotatable bonds is 0. The van der Waals surface area contributed by atoms with Gasteiger partial charge in [-0.25, -0.2) is 0 Å². The minimum Gasteiger partial charge on any atom is -0.197 e. The maximum atomic E-state index is 7.83. The maximum absolute atomic E-state index is 7.83. The SMILES string of the molecule is O=S.P.[Li]. The van der Waals surface area contributed by atoms with Crippen LogP contribution in [0.5, 0.6) is 0 Å². The van der Waals surface area contributed by atoms with Gasteiger partial charge in [0, 0.05) is 18.9 Å². The van der Waals surface area contributed by atoms with Gasteiger partial charge in [0.1, 0.15) is 0 Å². The van der Waals surface area contributed by atoms with E-state index in [1.54, 1.807) is 0 Å². The summed E-state index contributed by atoms with van der Waals surface area (Å²) in [4.78, 5) is 0. The molecule has 4 heavy (non-hydrogen) atoms. The van der Waals surface area contributed by atoms with E-state index in [0.29, 0.717) is 0 Å². The molecule has 0 heterocycles. The Morgan fingerprint density at radius 3 is 1.25 bits per heavy atom. The summed E-state index contributed by atoms with van der Waals surface area (Å²) < 4.78 is 7.83. The molecule has 0 saturated heterocycles. The van der Waals surface area contributed by atoms with Crippen LogP contribution in [0.15, 0.2) is 0 Å². The molecule has 1 atom stereocenters. The molecule has 0 saturated carbocycles. The third kappa shape index (κ3) is 11.6. The van der Waals surface area contributed by atoms with Crippen molar-refractivity contribution in [3.8, 4) is 0 Å². The third-order valence-electron chi connectivity index (χ3n) is 0. The first-order valence-corrected chi connectivity index (χ1v) is 0.500. The molecular formula is H3LiOPS. The van der Waals surface area contributed by atoms with Crippen LogP contribution in [0.3, 0.4) is 0 Å². The molecular weight excluding hydrogens is 86.0 g/mol. The van der Waals surface area contributed by atoms with Crippen molar-refractivity contribution >= 4 is 41.3 Å². The fraction of sp³-hybridized carbons (Fsp3) is 0. The molecule has 1 nitrogen and oxygen atoms in total. The Bertz CT molecular complexity index is 8.00. The standard InChI is InChI=1S/Li.OS.H3P/c;1-2;/h;;1H3. The Hall–Kier alpha value is 1.05. The van der Waals surface area contributed by atoms with Gasteiger partial charge in [0.15, 0.2) is 12.5 Å². The summed E-state index contributed by atoms with van der Waals surface area (Å²) in [6, 6.07) is 0. The molecule has 1 radical (unpaired) electrons. The summed E-state index contributed by atoms with van der Waals surface area (Å²) in [6.07, 6.45) is 0. The second-order valence-corrected chi connectivity index (χ2v) is 0. The van der Waals surface area contributed by atoms with E-state index in [1.165, 1.54) is 0 Å². The van der Waals surface area contributed by atoms with Crippen molar-refractivity contribution in [2.45, 2.75) is 0 Å². The van der Waals surface area contributed by atoms with Crippen molar-refractivity contribution in [2.75, 3.05) is 0 Å². The van der Waals surface area contributed by atoms with Crippen molar-refractivity contribution in [1.29, 1.82) is 0 Å². The van der Waals surface area contributed by atoms with Gasteiger partial charge in [-0.3, -0.25) is 0 Å². The molecule has 21 valence electrons. The summed E-state index contributed by atoms with van der Waals surface area (Å²) in [5.41, 5.74) is 0. The van der Waals surface area contributed by atoms with Crippen molar-refractivity contribution in [3.05, 3.63) is 0 Å². The first-order valence-electron chi connectivity index (χ1n) is 0.167. The van der Waals surface area contributed by atoms with Gasteiger partial charge in [0.2, 0.25) is 0 Å². The predicted octanol–water partition coefficient (Wildman–Crippen LogP) is -0.659. The molecule has 4 heteroatoms. The van der Waals surface area contributed by atoms with E-state index in [-0.39, 0.29) is 28.8 Å². The van der Waals surface area contributed by atoms with Crippen LogP contribution in [-0.4, -0.2) is 23.1 Å². The molecule has 0 spiro atoms. The number of hydrogen-bond donors (Lipinski definition) is 0. The zero-order valence-corrected chi connectivity index (χ0v) is 4.75. The van der Waals surface area contributed by atoms with E-state index in [0.717, 1.165) is 0 Å². The molecule has 0 aliphatic carbocycles. The molecule has 0 aromatic rings. The molecule has 0 N–H and O–H groups in total. The molecule has 0 fully saturated rings. The first-order chi connectivity index (χ1) is 1.00. The summed E-state index contributed by atoms with van der Waals surface area (Å²) in [7, 11) is 0. The summed E-state index contributed by atoms with van der Waals surface area (Å²) in [6.45, 7) is 0. The molecule has 0 bridgehead atoms. The second-order valence-electron chi connectivity index (χ2n) is 0. The summed E-state index contributed by atoms with van der Waals surface area (Å²) >= 11 is 2.83. The van der Waals surface area contributed by atoms with E-state index in [4.69, 9.17) is 4.21 Å². The van der Waals surface area contributed by atoms with E-state index in [2.05, 4.69) is 12.5 Å².